The molecule has 1 aromatic rings. The van der Waals surface area contributed by atoms with E-state index in [0.717, 1.165) is 0 Å². The molecule has 0 unspecified atom stereocenters. The number of ketones is 1. The first-order valence-corrected chi connectivity index (χ1v) is 7.97. The van der Waals surface area contributed by atoms with Gasteiger partial charge < -0.3 is 0 Å². The van der Waals surface area contributed by atoms with Gasteiger partial charge in [-0.05, 0) is 30.7 Å². The highest BCUT2D eigenvalue weighted by molar-refractivity contribution is 8.21. The van der Waals surface area contributed by atoms with Crippen LogP contribution >= 0.6 is 46.7 Å². The van der Waals surface area contributed by atoms with Crippen LogP contribution in [0.1, 0.15) is 10.4 Å². The van der Waals surface area contributed by atoms with E-state index in [2.05, 4.69) is 0 Å². The molecule has 2 nitrogen and oxygen atoms in total. The van der Waals surface area contributed by atoms with Gasteiger partial charge in [0.15, 0.2) is 0 Å². The number of nitrogens with zero attached hydrogens (tertiary/aromatic N) is 1. The van der Waals surface area contributed by atoms with Crippen molar-refractivity contribution >= 4 is 52.5 Å². The number of carbonyl (C=O) groups excluding carboxylic acids is 1. The van der Waals surface area contributed by atoms with Gasteiger partial charge in [0.05, 0.1) is 9.26 Å². The van der Waals surface area contributed by atoms with Crippen LogP contribution in [0, 0.1) is 11.3 Å². The Hall–Kier alpha value is -0.600. The van der Waals surface area contributed by atoms with Crippen LogP contribution in [-0.2, 0) is 0 Å². The van der Waals surface area contributed by atoms with Crippen molar-refractivity contribution in [2.45, 2.75) is 0 Å². The van der Waals surface area contributed by atoms with E-state index in [0.29, 0.717) is 14.8 Å². The highest BCUT2D eigenvalue weighted by atomic mass is 35.5. The van der Waals surface area contributed by atoms with Crippen molar-refractivity contribution in [2.75, 3.05) is 12.5 Å². The molecule has 0 aliphatic heterocycles. The first-order chi connectivity index (χ1) is 8.54. The van der Waals surface area contributed by atoms with Gasteiger partial charge >= 0.3 is 0 Å². The van der Waals surface area contributed by atoms with Gasteiger partial charge in [0.25, 0.3) is 0 Å². The number of Topliss-reactive ketones (excluding diaryl/α,β-unsaturated/α-hetero) is 1. The Morgan fingerprint density at radius 3 is 2.33 bits per heavy atom. The zero-order valence-electron chi connectivity index (χ0n) is 9.66. The number of halogens is 2. The van der Waals surface area contributed by atoms with Crippen LogP contribution in [0.5, 0.6) is 0 Å². The molecule has 0 spiro atoms. The lowest BCUT2D eigenvalue weighted by atomic mass is 10.1. The van der Waals surface area contributed by atoms with Crippen molar-refractivity contribution in [1.82, 2.24) is 0 Å². The first-order valence-electron chi connectivity index (χ1n) is 4.77. The second-order valence-electron chi connectivity index (χ2n) is 3.14. The molecule has 6 heteroatoms. The number of nitriles is 1. The summed E-state index contributed by atoms with van der Waals surface area (Å²) in [6, 6.07) is 6.54. The lowest BCUT2D eigenvalue weighted by Crippen LogP contribution is -2.04. The number of carbonyl (C=O) groups is 1. The largest absolute Gasteiger partial charge is 0.288 e. The molecule has 0 radical (unpaired) electrons. The third kappa shape index (κ3) is 3.46. The third-order valence-corrected chi connectivity index (χ3v) is 4.79. The fourth-order valence-electron chi connectivity index (χ4n) is 1.28. The van der Waals surface area contributed by atoms with Crippen molar-refractivity contribution in [3.63, 3.8) is 0 Å². The molecule has 0 aliphatic carbocycles. The number of allylic oxidation sites excluding steroid dienone is 1. The molecule has 0 saturated heterocycles. The SMILES string of the molecule is CSC(SC)=C(C#N)C(=O)c1ccc(Cl)cc1Cl. The van der Waals surface area contributed by atoms with E-state index in [4.69, 9.17) is 28.5 Å². The predicted molar refractivity (Wildman–Crippen MR) is 80.5 cm³/mol. The lowest BCUT2D eigenvalue weighted by molar-refractivity contribution is 0.103. The summed E-state index contributed by atoms with van der Waals surface area (Å²) in [7, 11) is 0. The van der Waals surface area contributed by atoms with Crippen molar-refractivity contribution in [2.24, 2.45) is 0 Å². The Morgan fingerprint density at radius 1 is 1.28 bits per heavy atom. The smallest absolute Gasteiger partial charge is 0.206 e. The molecule has 0 N–H and O–H groups in total. The minimum absolute atomic E-state index is 0.110. The molecule has 0 bridgehead atoms. The molecule has 1 rings (SSSR count). The van der Waals surface area contributed by atoms with E-state index < -0.39 is 0 Å². The molecule has 0 aliphatic rings. The Balaban J connectivity index is 3.29. The van der Waals surface area contributed by atoms with Crippen molar-refractivity contribution in [3.8, 4) is 6.07 Å². The minimum atomic E-state index is -0.377. The fourth-order valence-corrected chi connectivity index (χ4v) is 3.13. The lowest BCUT2D eigenvalue weighted by Gasteiger charge is -2.06. The fraction of sp³-hybridized carbons (Fsp3) is 0.167. The molecule has 1 aromatic carbocycles. The topological polar surface area (TPSA) is 40.9 Å². The average molecular weight is 318 g/mol. The van der Waals surface area contributed by atoms with E-state index in [-0.39, 0.29) is 16.4 Å². The van der Waals surface area contributed by atoms with Crippen molar-refractivity contribution < 1.29 is 4.79 Å². The summed E-state index contributed by atoms with van der Waals surface area (Å²) in [5, 5.41) is 9.82. The summed E-state index contributed by atoms with van der Waals surface area (Å²) >= 11 is 14.5. The van der Waals surface area contributed by atoms with Crippen LogP contribution in [0.15, 0.2) is 28.0 Å². The molecule has 0 aromatic heterocycles. The Morgan fingerprint density at radius 2 is 1.89 bits per heavy atom. The van der Waals surface area contributed by atoms with Crippen LogP contribution < -0.4 is 0 Å². The number of thioether (sulfide) groups is 2. The standard InChI is InChI=1S/C12H9Cl2NOS2/c1-17-12(18-2)9(6-15)11(16)8-4-3-7(13)5-10(8)14/h3-5H,1-2H3. The summed E-state index contributed by atoms with van der Waals surface area (Å²) in [5.74, 6) is -0.377. The van der Waals surface area contributed by atoms with Crippen LogP contribution in [0.25, 0.3) is 0 Å². The summed E-state index contributed by atoms with van der Waals surface area (Å²) in [5.41, 5.74) is 0.400. The van der Waals surface area contributed by atoms with E-state index in [1.54, 1.807) is 6.07 Å². The minimum Gasteiger partial charge on any atom is -0.288 e. The zero-order chi connectivity index (χ0) is 13.7. The Kier molecular flexibility index (Phi) is 6.10. The molecule has 94 valence electrons. The summed E-state index contributed by atoms with van der Waals surface area (Å²) in [6.45, 7) is 0. The highest BCUT2D eigenvalue weighted by Crippen LogP contribution is 2.31. The second-order valence-corrected chi connectivity index (χ2v) is 5.87. The van der Waals surface area contributed by atoms with Gasteiger partial charge in [-0.15, -0.1) is 23.5 Å². The molecular weight excluding hydrogens is 309 g/mol. The normalized spacial score (nSPS) is 9.72. The molecular formula is C12H9Cl2NOS2. The van der Waals surface area contributed by atoms with Gasteiger partial charge in [-0.2, -0.15) is 5.26 Å². The maximum atomic E-state index is 12.2. The van der Waals surface area contributed by atoms with E-state index in [1.165, 1.54) is 35.7 Å². The molecule has 0 amide bonds. The number of hydrogen-bond donors (Lipinski definition) is 0. The number of benzene rings is 1. The zero-order valence-corrected chi connectivity index (χ0v) is 12.8. The molecule has 0 heterocycles. The second kappa shape index (κ2) is 7.10. The summed E-state index contributed by atoms with van der Waals surface area (Å²) in [4.78, 5) is 12.2. The van der Waals surface area contributed by atoms with Crippen molar-refractivity contribution in [3.05, 3.63) is 43.6 Å². The van der Waals surface area contributed by atoms with Gasteiger partial charge in [-0.25, -0.2) is 0 Å². The van der Waals surface area contributed by atoms with Crippen LogP contribution in [0.3, 0.4) is 0 Å². The third-order valence-electron chi connectivity index (χ3n) is 2.09. The van der Waals surface area contributed by atoms with Gasteiger partial charge in [0, 0.05) is 10.6 Å². The van der Waals surface area contributed by atoms with Crippen LogP contribution in [-0.4, -0.2) is 18.3 Å². The predicted octanol–water partition coefficient (Wildman–Crippen LogP) is 4.64. The summed E-state index contributed by atoms with van der Waals surface area (Å²) < 4.78 is 0.675. The van der Waals surface area contributed by atoms with Crippen LogP contribution in [0.4, 0.5) is 0 Å². The number of hydrogen-bond acceptors (Lipinski definition) is 4. The average Bonchev–Trinajstić information content (AvgIpc) is 2.35. The quantitative estimate of drug-likeness (QED) is 0.461. The Labute approximate surface area is 124 Å². The van der Waals surface area contributed by atoms with E-state index in [1.807, 2.05) is 18.6 Å². The molecule has 18 heavy (non-hydrogen) atoms. The van der Waals surface area contributed by atoms with E-state index >= 15 is 0 Å². The van der Waals surface area contributed by atoms with Crippen LogP contribution in [0.2, 0.25) is 10.0 Å². The molecule has 0 fully saturated rings. The van der Waals surface area contributed by atoms with Gasteiger partial charge in [-0.1, -0.05) is 23.2 Å². The maximum absolute atomic E-state index is 12.2. The van der Waals surface area contributed by atoms with Gasteiger partial charge in [0.1, 0.15) is 11.6 Å². The summed E-state index contributed by atoms with van der Waals surface area (Å²) in [6.07, 6.45) is 3.64. The van der Waals surface area contributed by atoms with Gasteiger partial charge in [0.2, 0.25) is 5.78 Å². The molecule has 0 saturated carbocycles. The van der Waals surface area contributed by atoms with Gasteiger partial charge in [-0.3, -0.25) is 4.79 Å². The Bertz CT molecular complexity index is 543. The maximum Gasteiger partial charge on any atom is 0.206 e. The molecule has 0 atom stereocenters. The highest BCUT2D eigenvalue weighted by Gasteiger charge is 2.19. The number of rotatable bonds is 4. The first kappa shape index (κ1) is 15.5. The van der Waals surface area contributed by atoms with E-state index in [9.17, 15) is 4.79 Å². The van der Waals surface area contributed by atoms with Crippen molar-refractivity contribution in [1.29, 1.82) is 5.26 Å². The monoisotopic (exact) mass is 317 g/mol.